The van der Waals surface area contributed by atoms with Crippen LogP contribution < -0.4 is 10.3 Å². The second kappa shape index (κ2) is 4.80. The van der Waals surface area contributed by atoms with Crippen LogP contribution >= 0.6 is 0 Å². The molecule has 1 aromatic rings. The minimum Gasteiger partial charge on any atom is -0.394 e. The Morgan fingerprint density at radius 2 is 2.26 bits per heavy atom. The molecule has 0 radical (unpaired) electrons. The molecule has 104 valence electrons. The highest BCUT2D eigenvalue weighted by atomic mass is 19.3. The van der Waals surface area contributed by atoms with Crippen molar-refractivity contribution in [1.82, 2.24) is 0 Å². The van der Waals surface area contributed by atoms with Crippen molar-refractivity contribution in [1.29, 1.82) is 0 Å². The van der Waals surface area contributed by atoms with E-state index in [1.54, 1.807) is 0 Å². The standard InChI is InChI=1S/C11H12F2N2O4/c12-11(13)8(17)7(5-16)19-10(11)15-3-1-2-6(4-15)9(14)18/h1-4,7-8,10,16-17H,5H2,(H-,14,18)/p+1/t7-,8-,10+/m1/s1. The summed E-state index contributed by atoms with van der Waals surface area (Å²) >= 11 is 0. The Bertz CT molecular complexity index is 497. The van der Waals surface area contributed by atoms with E-state index in [0.29, 0.717) is 0 Å². The van der Waals surface area contributed by atoms with Crippen molar-refractivity contribution in [2.75, 3.05) is 6.61 Å². The maximum Gasteiger partial charge on any atom is 0.362 e. The summed E-state index contributed by atoms with van der Waals surface area (Å²) in [5.41, 5.74) is 5.09. The number of amides is 1. The molecule has 6 nitrogen and oxygen atoms in total. The van der Waals surface area contributed by atoms with Gasteiger partial charge in [-0.05, 0) is 6.07 Å². The van der Waals surface area contributed by atoms with Crippen LogP contribution in [0.1, 0.15) is 16.6 Å². The van der Waals surface area contributed by atoms with Crippen LogP contribution in [-0.4, -0.2) is 40.9 Å². The van der Waals surface area contributed by atoms with Gasteiger partial charge in [0.2, 0.25) is 0 Å². The second-order valence-corrected chi connectivity index (χ2v) is 4.23. The number of aromatic nitrogens is 1. The Labute approximate surface area is 107 Å². The molecule has 2 heterocycles. The summed E-state index contributed by atoms with van der Waals surface area (Å²) in [5, 5.41) is 18.3. The van der Waals surface area contributed by atoms with Crippen LogP contribution in [0.4, 0.5) is 8.78 Å². The van der Waals surface area contributed by atoms with Crippen molar-refractivity contribution in [2.45, 2.75) is 24.4 Å². The summed E-state index contributed by atoms with van der Waals surface area (Å²) < 4.78 is 33.5. The summed E-state index contributed by atoms with van der Waals surface area (Å²) in [6, 6.07) is 2.73. The predicted octanol–water partition coefficient (Wildman–Crippen LogP) is -1.04. The number of nitrogens with two attached hydrogens (primary N) is 1. The first-order chi connectivity index (χ1) is 8.87. The van der Waals surface area contributed by atoms with Crippen LogP contribution in [0.3, 0.4) is 0 Å². The number of ether oxygens (including phenoxy) is 1. The van der Waals surface area contributed by atoms with Crippen molar-refractivity contribution in [2.24, 2.45) is 5.73 Å². The molecule has 1 aromatic heterocycles. The summed E-state index contributed by atoms with van der Waals surface area (Å²) in [6.45, 7) is -0.733. The molecule has 4 N–H and O–H groups in total. The Hall–Kier alpha value is -1.64. The molecule has 0 unspecified atom stereocenters. The molecule has 19 heavy (non-hydrogen) atoms. The van der Waals surface area contributed by atoms with Crippen LogP contribution in [-0.2, 0) is 4.74 Å². The first-order valence-electron chi connectivity index (χ1n) is 5.50. The van der Waals surface area contributed by atoms with Gasteiger partial charge < -0.3 is 20.7 Å². The number of halogens is 2. The van der Waals surface area contributed by atoms with Gasteiger partial charge in [0.1, 0.15) is 11.7 Å². The van der Waals surface area contributed by atoms with Gasteiger partial charge in [0.15, 0.2) is 18.5 Å². The Balaban J connectivity index is 2.36. The molecular weight excluding hydrogens is 262 g/mol. The molecule has 8 heteroatoms. The number of hydrogen-bond donors (Lipinski definition) is 3. The number of hydrogen-bond acceptors (Lipinski definition) is 4. The number of nitrogens with zero attached hydrogens (tertiary/aromatic N) is 1. The molecule has 1 fully saturated rings. The fraction of sp³-hybridized carbons (Fsp3) is 0.455. The average molecular weight is 275 g/mol. The Morgan fingerprint density at radius 1 is 1.58 bits per heavy atom. The summed E-state index contributed by atoms with van der Waals surface area (Å²) in [6.07, 6.45) is -2.94. The molecule has 3 atom stereocenters. The summed E-state index contributed by atoms with van der Waals surface area (Å²) in [7, 11) is 0. The lowest BCUT2D eigenvalue weighted by Gasteiger charge is -2.15. The number of alkyl halides is 2. The number of carbonyl (C=O) groups is 1. The quantitative estimate of drug-likeness (QED) is 0.614. The molecule has 1 aliphatic rings. The Morgan fingerprint density at radius 3 is 2.79 bits per heavy atom. The van der Waals surface area contributed by atoms with Gasteiger partial charge in [-0.15, -0.1) is 0 Å². The fourth-order valence-electron chi connectivity index (χ4n) is 1.92. The summed E-state index contributed by atoms with van der Waals surface area (Å²) in [4.78, 5) is 11.0. The van der Waals surface area contributed by atoms with Gasteiger partial charge in [0, 0.05) is 6.07 Å². The monoisotopic (exact) mass is 275 g/mol. The van der Waals surface area contributed by atoms with Crippen molar-refractivity contribution < 1.29 is 33.1 Å². The zero-order chi connectivity index (χ0) is 14.2. The Kier molecular flexibility index (Phi) is 3.48. The predicted molar refractivity (Wildman–Crippen MR) is 57.1 cm³/mol. The largest absolute Gasteiger partial charge is 0.394 e. The van der Waals surface area contributed by atoms with E-state index in [2.05, 4.69) is 0 Å². The smallest absolute Gasteiger partial charge is 0.362 e. The fourth-order valence-corrected chi connectivity index (χ4v) is 1.92. The molecule has 0 spiro atoms. The van der Waals surface area contributed by atoms with E-state index in [4.69, 9.17) is 15.6 Å². The maximum absolute atomic E-state index is 13.8. The first kappa shape index (κ1) is 13.8. The van der Waals surface area contributed by atoms with Gasteiger partial charge in [-0.1, -0.05) is 0 Å². The number of primary amides is 1. The average Bonchev–Trinajstić information content (AvgIpc) is 2.61. The third-order valence-corrected chi connectivity index (χ3v) is 2.94. The lowest BCUT2D eigenvalue weighted by atomic mass is 10.1. The summed E-state index contributed by atoms with van der Waals surface area (Å²) in [5.74, 6) is -4.36. The number of aliphatic hydroxyl groups is 2. The van der Waals surface area contributed by atoms with Gasteiger partial charge in [0.05, 0.1) is 6.61 Å². The van der Waals surface area contributed by atoms with Gasteiger partial charge in [-0.2, -0.15) is 13.3 Å². The van der Waals surface area contributed by atoms with Crippen LogP contribution in [0.2, 0.25) is 0 Å². The van der Waals surface area contributed by atoms with E-state index in [9.17, 15) is 18.7 Å². The normalized spacial score (nSPS) is 29.4. The lowest BCUT2D eigenvalue weighted by molar-refractivity contribution is -0.775. The minimum absolute atomic E-state index is 0.0313. The van der Waals surface area contributed by atoms with E-state index in [0.717, 1.165) is 10.8 Å². The van der Waals surface area contributed by atoms with E-state index < -0.39 is 36.9 Å². The van der Waals surface area contributed by atoms with Crippen LogP contribution in [0.5, 0.6) is 0 Å². The molecule has 0 aromatic carbocycles. The van der Waals surface area contributed by atoms with Crippen molar-refractivity contribution in [3.05, 3.63) is 30.1 Å². The SMILES string of the molecule is NC(=O)c1ccc[n+]([C@H]2O[C@H](CO)[C@@H](O)C2(F)F)c1. The van der Waals surface area contributed by atoms with Crippen LogP contribution in [0, 0.1) is 0 Å². The molecule has 1 saturated heterocycles. The molecule has 1 aliphatic heterocycles. The third-order valence-electron chi connectivity index (χ3n) is 2.94. The molecule has 0 aliphatic carbocycles. The molecular formula is C11H13F2N2O4+. The van der Waals surface area contributed by atoms with Crippen LogP contribution in [0.25, 0.3) is 0 Å². The van der Waals surface area contributed by atoms with Crippen LogP contribution in [0.15, 0.2) is 24.5 Å². The highest BCUT2D eigenvalue weighted by Gasteiger charge is 2.63. The van der Waals surface area contributed by atoms with Gasteiger partial charge in [-0.3, -0.25) is 4.79 Å². The van der Waals surface area contributed by atoms with E-state index >= 15 is 0 Å². The zero-order valence-electron chi connectivity index (χ0n) is 9.74. The van der Waals surface area contributed by atoms with Crippen molar-refractivity contribution in [3.8, 4) is 0 Å². The maximum atomic E-state index is 13.8. The van der Waals surface area contributed by atoms with Gasteiger partial charge in [-0.25, -0.2) is 0 Å². The zero-order valence-corrected chi connectivity index (χ0v) is 9.74. The van der Waals surface area contributed by atoms with E-state index in [1.165, 1.54) is 18.3 Å². The van der Waals surface area contributed by atoms with Gasteiger partial charge in [0.25, 0.3) is 5.91 Å². The molecule has 1 amide bonds. The van der Waals surface area contributed by atoms with E-state index in [-0.39, 0.29) is 5.56 Å². The number of rotatable bonds is 3. The third kappa shape index (κ3) is 2.29. The number of aliphatic hydroxyl groups excluding tert-OH is 2. The highest BCUT2D eigenvalue weighted by Crippen LogP contribution is 2.39. The highest BCUT2D eigenvalue weighted by molar-refractivity contribution is 5.92. The first-order valence-corrected chi connectivity index (χ1v) is 5.50. The van der Waals surface area contributed by atoms with Gasteiger partial charge >= 0.3 is 12.2 Å². The molecule has 0 bridgehead atoms. The van der Waals surface area contributed by atoms with E-state index in [1.807, 2.05) is 0 Å². The molecule has 0 saturated carbocycles. The topological polar surface area (TPSA) is 96.7 Å². The minimum atomic E-state index is -3.59. The number of carbonyl (C=O) groups excluding carboxylic acids is 1. The lowest BCUT2D eigenvalue weighted by Crippen LogP contribution is -2.50. The van der Waals surface area contributed by atoms with Crippen molar-refractivity contribution >= 4 is 5.91 Å². The second-order valence-electron chi connectivity index (χ2n) is 4.23. The number of pyridine rings is 1. The molecule has 2 rings (SSSR count). The van der Waals surface area contributed by atoms with Crippen molar-refractivity contribution in [3.63, 3.8) is 0 Å².